The Kier molecular flexibility index (Phi) is 6.41. The first-order valence-corrected chi connectivity index (χ1v) is 12.2. The van der Waals surface area contributed by atoms with E-state index < -0.39 is 0 Å². The van der Waals surface area contributed by atoms with Gasteiger partial charge >= 0.3 is 6.03 Å². The normalized spacial score (nSPS) is 16.7. The van der Waals surface area contributed by atoms with Crippen LogP contribution in [0.3, 0.4) is 0 Å². The van der Waals surface area contributed by atoms with Crippen LogP contribution in [0.15, 0.2) is 60.7 Å². The van der Waals surface area contributed by atoms with E-state index in [1.165, 1.54) is 6.07 Å². The number of hydrogen-bond acceptors (Lipinski definition) is 3. The van der Waals surface area contributed by atoms with Crippen molar-refractivity contribution < 1.29 is 9.18 Å². The number of benzene rings is 3. The first-order chi connectivity index (χ1) is 16.9. The molecule has 5 nitrogen and oxygen atoms in total. The van der Waals surface area contributed by atoms with Crippen LogP contribution in [-0.4, -0.2) is 30.6 Å². The maximum Gasteiger partial charge on any atom is 0.326 e. The molecule has 1 saturated heterocycles. The van der Waals surface area contributed by atoms with Gasteiger partial charge in [-0.15, -0.1) is 0 Å². The van der Waals surface area contributed by atoms with Gasteiger partial charge in [0.15, 0.2) is 0 Å². The molecule has 2 aliphatic heterocycles. The first-order valence-electron chi connectivity index (χ1n) is 11.4. The third kappa shape index (κ3) is 4.60. The van der Waals surface area contributed by atoms with Gasteiger partial charge in [0.25, 0.3) is 0 Å². The number of urea groups is 1. The summed E-state index contributed by atoms with van der Waals surface area (Å²) >= 11 is 12.5. The lowest BCUT2D eigenvalue weighted by Crippen LogP contribution is -2.46. The maximum atomic E-state index is 14.3. The number of nitrogens with one attached hydrogen (secondary N) is 1. The van der Waals surface area contributed by atoms with Crippen molar-refractivity contribution in [3.05, 3.63) is 93.2 Å². The third-order valence-electron chi connectivity index (χ3n) is 7.02. The van der Waals surface area contributed by atoms with Gasteiger partial charge in [-0.05, 0) is 79.5 Å². The van der Waals surface area contributed by atoms with Gasteiger partial charge in [0, 0.05) is 24.2 Å². The minimum absolute atomic E-state index is 0.306. The number of hydrogen-bond donors (Lipinski definition) is 1. The fourth-order valence-electron chi connectivity index (χ4n) is 5.12. The topological polar surface area (TPSA) is 59.4 Å². The number of carbonyl (C=O) groups excluding carboxylic acids is 1. The molecule has 1 N–H and O–H groups in total. The summed E-state index contributed by atoms with van der Waals surface area (Å²) in [6, 6.07) is 19.1. The van der Waals surface area contributed by atoms with Crippen LogP contribution < -0.4 is 10.2 Å². The molecule has 1 spiro atoms. The van der Waals surface area contributed by atoms with Crippen LogP contribution in [0.2, 0.25) is 10.0 Å². The Balaban J connectivity index is 1.34. The van der Waals surface area contributed by atoms with E-state index in [1.807, 2.05) is 24.3 Å². The lowest BCUT2D eigenvalue weighted by atomic mass is 9.74. The van der Waals surface area contributed by atoms with Gasteiger partial charge in [-0.3, -0.25) is 9.80 Å². The highest BCUT2D eigenvalue weighted by Crippen LogP contribution is 2.48. The molecule has 2 heterocycles. The molecular weight excluding hydrogens is 486 g/mol. The van der Waals surface area contributed by atoms with Crippen LogP contribution in [0.1, 0.15) is 29.5 Å². The number of fused-ring (bicyclic) bond motifs is 2. The molecule has 0 aliphatic carbocycles. The summed E-state index contributed by atoms with van der Waals surface area (Å²) in [5.41, 5.74) is 3.43. The van der Waals surface area contributed by atoms with E-state index in [4.69, 9.17) is 28.5 Å². The van der Waals surface area contributed by atoms with Crippen molar-refractivity contribution >= 4 is 40.6 Å². The smallest absolute Gasteiger partial charge is 0.305 e. The standard InChI is InChI=1S/C27H23Cl2FN4O/c28-22-2-1-3-23(29)25(22)32-26(35)34-17-27(21-14-20(30)8-9-24(21)34)10-12-33(13-11-27)16-19-6-4-18(15-31)5-7-19/h1-9,14H,10-13,16-17H2,(H,32,35). The van der Waals surface area contributed by atoms with Crippen molar-refractivity contribution in [2.75, 3.05) is 29.9 Å². The van der Waals surface area contributed by atoms with Gasteiger partial charge in [0.1, 0.15) is 5.82 Å². The van der Waals surface area contributed by atoms with Gasteiger partial charge in [-0.1, -0.05) is 41.4 Å². The molecule has 2 aliphatic rings. The van der Waals surface area contributed by atoms with Crippen molar-refractivity contribution in [3.8, 4) is 6.07 Å². The molecule has 3 aromatic carbocycles. The molecule has 178 valence electrons. The van der Waals surface area contributed by atoms with Gasteiger partial charge in [0.05, 0.1) is 27.4 Å². The van der Waals surface area contributed by atoms with E-state index in [2.05, 4.69) is 16.3 Å². The predicted octanol–water partition coefficient (Wildman–Crippen LogP) is 6.59. The summed E-state index contributed by atoms with van der Waals surface area (Å²) in [7, 11) is 0. The number of para-hydroxylation sites is 1. The number of nitrogens with zero attached hydrogens (tertiary/aromatic N) is 3. The average molecular weight is 509 g/mol. The lowest BCUT2D eigenvalue weighted by Gasteiger charge is -2.40. The molecule has 5 rings (SSSR count). The van der Waals surface area contributed by atoms with Crippen LogP contribution in [-0.2, 0) is 12.0 Å². The average Bonchev–Trinajstić information content (AvgIpc) is 3.17. The molecule has 0 aromatic heterocycles. The second-order valence-corrected chi connectivity index (χ2v) is 9.95. The molecule has 3 aromatic rings. The number of carbonyl (C=O) groups is 1. The molecule has 35 heavy (non-hydrogen) atoms. The summed E-state index contributed by atoms with van der Waals surface area (Å²) in [5, 5.41) is 12.6. The number of anilines is 2. The number of likely N-dealkylation sites (tertiary alicyclic amines) is 1. The van der Waals surface area contributed by atoms with Crippen LogP contribution >= 0.6 is 23.2 Å². The van der Waals surface area contributed by atoms with Crippen molar-refractivity contribution in [2.24, 2.45) is 0 Å². The van der Waals surface area contributed by atoms with Crippen molar-refractivity contribution in [1.82, 2.24) is 4.90 Å². The second-order valence-electron chi connectivity index (χ2n) is 9.14. The Morgan fingerprint density at radius 2 is 1.74 bits per heavy atom. The molecule has 2 amide bonds. The number of amides is 2. The molecule has 8 heteroatoms. The van der Waals surface area contributed by atoms with Crippen molar-refractivity contribution in [1.29, 1.82) is 5.26 Å². The number of nitriles is 1. The first kappa shape index (κ1) is 23.6. The van der Waals surface area contributed by atoms with Crippen LogP contribution in [0.5, 0.6) is 0 Å². The van der Waals surface area contributed by atoms with Gasteiger partial charge in [-0.2, -0.15) is 5.26 Å². The molecule has 1 fully saturated rings. The molecule has 0 saturated carbocycles. The van der Waals surface area contributed by atoms with Crippen LogP contribution in [0.25, 0.3) is 0 Å². The SMILES string of the molecule is N#Cc1ccc(CN2CCC3(CC2)CN(C(=O)Nc2c(Cl)cccc2Cl)c2ccc(F)cc23)cc1. The maximum absolute atomic E-state index is 14.3. The van der Waals surface area contributed by atoms with Crippen molar-refractivity contribution in [3.63, 3.8) is 0 Å². The molecule has 0 atom stereocenters. The van der Waals surface area contributed by atoms with E-state index in [0.717, 1.165) is 43.6 Å². The van der Waals surface area contributed by atoms with Gasteiger partial charge < -0.3 is 5.32 Å². The van der Waals surface area contributed by atoms with E-state index in [9.17, 15) is 9.18 Å². The second kappa shape index (κ2) is 9.50. The largest absolute Gasteiger partial charge is 0.326 e. The van der Waals surface area contributed by atoms with Gasteiger partial charge in [-0.25, -0.2) is 9.18 Å². The zero-order chi connectivity index (χ0) is 24.6. The third-order valence-corrected chi connectivity index (χ3v) is 7.65. The van der Waals surface area contributed by atoms with E-state index >= 15 is 0 Å². The Morgan fingerprint density at radius 1 is 1.06 bits per heavy atom. The van der Waals surface area contributed by atoms with E-state index in [0.29, 0.717) is 33.5 Å². The Morgan fingerprint density at radius 3 is 2.40 bits per heavy atom. The number of piperidine rings is 1. The molecule has 0 radical (unpaired) electrons. The summed E-state index contributed by atoms with van der Waals surface area (Å²) < 4.78 is 14.3. The Bertz CT molecular complexity index is 1290. The van der Waals surface area contributed by atoms with Crippen LogP contribution in [0, 0.1) is 17.1 Å². The minimum atomic E-state index is -0.343. The monoisotopic (exact) mass is 508 g/mol. The van der Waals surface area contributed by atoms with Crippen molar-refractivity contribution in [2.45, 2.75) is 24.8 Å². The molecular formula is C27H23Cl2FN4O. The number of halogens is 3. The Labute approximate surface area is 213 Å². The lowest BCUT2D eigenvalue weighted by molar-refractivity contribution is 0.160. The highest BCUT2D eigenvalue weighted by Gasteiger charge is 2.46. The van der Waals surface area contributed by atoms with E-state index in [1.54, 1.807) is 35.2 Å². The Hall–Kier alpha value is -3.11. The molecule has 0 unspecified atom stereocenters. The highest BCUT2D eigenvalue weighted by atomic mass is 35.5. The fourth-order valence-corrected chi connectivity index (χ4v) is 5.62. The highest BCUT2D eigenvalue weighted by molar-refractivity contribution is 6.39. The predicted molar refractivity (Wildman–Crippen MR) is 137 cm³/mol. The van der Waals surface area contributed by atoms with Crippen LogP contribution in [0.4, 0.5) is 20.6 Å². The summed E-state index contributed by atoms with van der Waals surface area (Å²) in [5.74, 6) is -0.306. The summed E-state index contributed by atoms with van der Waals surface area (Å²) in [4.78, 5) is 17.4. The molecule has 0 bridgehead atoms. The minimum Gasteiger partial charge on any atom is -0.305 e. The summed E-state index contributed by atoms with van der Waals surface area (Å²) in [6.07, 6.45) is 1.60. The summed E-state index contributed by atoms with van der Waals surface area (Å²) in [6.45, 7) is 2.89. The number of rotatable bonds is 3. The zero-order valence-electron chi connectivity index (χ0n) is 18.9. The zero-order valence-corrected chi connectivity index (χ0v) is 20.4. The van der Waals surface area contributed by atoms with Gasteiger partial charge in [0.2, 0.25) is 0 Å². The quantitative estimate of drug-likeness (QED) is 0.434. The fraction of sp³-hybridized carbons (Fsp3) is 0.259. The van der Waals surface area contributed by atoms with E-state index in [-0.39, 0.29) is 17.3 Å².